The van der Waals surface area contributed by atoms with E-state index in [1.54, 1.807) is 29.0 Å². The van der Waals surface area contributed by atoms with Gasteiger partial charge in [-0.15, -0.1) is 0 Å². The Morgan fingerprint density at radius 3 is 2.72 bits per heavy atom. The van der Waals surface area contributed by atoms with Gasteiger partial charge in [-0.3, -0.25) is 4.79 Å². The van der Waals surface area contributed by atoms with Crippen molar-refractivity contribution < 1.29 is 13.2 Å². The molecule has 1 amide bonds. The molecule has 25 heavy (non-hydrogen) atoms. The summed E-state index contributed by atoms with van der Waals surface area (Å²) < 4.78 is 26.3. The molecule has 3 aromatic rings. The number of nitrogens with two attached hydrogens (primary N) is 1. The lowest BCUT2D eigenvalue weighted by atomic mass is 10.2. The third-order valence-electron chi connectivity index (χ3n) is 3.89. The minimum Gasteiger partial charge on any atom is -0.366 e. The average molecular weight is 358 g/mol. The summed E-state index contributed by atoms with van der Waals surface area (Å²) >= 11 is 0. The van der Waals surface area contributed by atoms with Gasteiger partial charge in [-0.25, -0.2) is 18.4 Å². The van der Waals surface area contributed by atoms with E-state index < -0.39 is 15.7 Å². The summed E-state index contributed by atoms with van der Waals surface area (Å²) in [5.74, 6) is -0.181. The van der Waals surface area contributed by atoms with E-state index in [2.05, 4.69) is 9.97 Å². The van der Waals surface area contributed by atoms with Crippen molar-refractivity contribution >= 4 is 26.6 Å². The first-order chi connectivity index (χ1) is 11.9. The van der Waals surface area contributed by atoms with E-state index in [0.717, 1.165) is 6.42 Å². The zero-order valence-electron chi connectivity index (χ0n) is 13.7. The number of fused-ring (bicyclic) bond motifs is 1. The van der Waals surface area contributed by atoms with Crippen LogP contribution in [0.2, 0.25) is 0 Å². The summed E-state index contributed by atoms with van der Waals surface area (Å²) in [6.45, 7) is 1.92. The Bertz CT molecular complexity index is 1040. The molecule has 0 unspecified atom stereocenters. The van der Waals surface area contributed by atoms with E-state index in [4.69, 9.17) is 5.73 Å². The predicted octanol–water partition coefficient (Wildman–Crippen LogP) is 2.09. The van der Waals surface area contributed by atoms with Gasteiger partial charge in [0.1, 0.15) is 5.82 Å². The standard InChI is InChI=1S/C17H18N4O3S/c1-2-3-10-25(23,24)17-19-9-8-15(20-17)21-11-13(16(18)22)12-6-4-5-7-14(12)21/h4-9,11H,2-3,10H2,1H3,(H2,18,22). The van der Waals surface area contributed by atoms with Crippen LogP contribution in [0.3, 0.4) is 0 Å². The molecular formula is C17H18N4O3S. The van der Waals surface area contributed by atoms with Gasteiger partial charge in [0.2, 0.25) is 15.0 Å². The molecule has 3 rings (SSSR count). The van der Waals surface area contributed by atoms with Gasteiger partial charge < -0.3 is 10.3 Å². The molecule has 130 valence electrons. The van der Waals surface area contributed by atoms with Crippen molar-refractivity contribution in [3.05, 3.63) is 48.3 Å². The molecule has 0 bridgehead atoms. The van der Waals surface area contributed by atoms with Gasteiger partial charge in [0.05, 0.1) is 16.8 Å². The first-order valence-electron chi connectivity index (χ1n) is 7.90. The second-order valence-corrected chi connectivity index (χ2v) is 7.67. The Morgan fingerprint density at radius 2 is 2.00 bits per heavy atom. The van der Waals surface area contributed by atoms with Gasteiger partial charge in [0, 0.05) is 17.8 Å². The molecule has 7 nitrogen and oxygen atoms in total. The van der Waals surface area contributed by atoms with Gasteiger partial charge in [-0.05, 0) is 18.6 Å². The highest BCUT2D eigenvalue weighted by atomic mass is 32.2. The molecule has 0 atom stereocenters. The largest absolute Gasteiger partial charge is 0.366 e. The van der Waals surface area contributed by atoms with Crippen LogP contribution in [-0.2, 0) is 9.84 Å². The SMILES string of the molecule is CCCCS(=O)(=O)c1nccc(-n2cc(C(N)=O)c3ccccc32)n1. The molecule has 0 saturated carbocycles. The summed E-state index contributed by atoms with van der Waals surface area (Å²) in [6.07, 6.45) is 4.29. The fraction of sp³-hybridized carbons (Fsp3) is 0.235. The molecule has 0 spiro atoms. The summed E-state index contributed by atoms with van der Waals surface area (Å²) in [5, 5.41) is 0.473. The number of carbonyl (C=O) groups excluding carboxylic acids is 1. The normalized spacial score (nSPS) is 11.7. The zero-order chi connectivity index (χ0) is 18.0. The lowest BCUT2D eigenvalue weighted by molar-refractivity contribution is 0.100. The van der Waals surface area contributed by atoms with Crippen LogP contribution in [0.5, 0.6) is 0 Å². The van der Waals surface area contributed by atoms with Gasteiger partial charge in [-0.2, -0.15) is 0 Å². The van der Waals surface area contributed by atoms with Crippen molar-refractivity contribution in [3.63, 3.8) is 0 Å². The quantitative estimate of drug-likeness (QED) is 0.679. The smallest absolute Gasteiger partial charge is 0.250 e. The fourth-order valence-corrected chi connectivity index (χ4v) is 3.91. The summed E-state index contributed by atoms with van der Waals surface area (Å²) in [4.78, 5) is 19.8. The molecule has 0 aliphatic carbocycles. The summed E-state index contributed by atoms with van der Waals surface area (Å²) in [6, 6.07) is 8.82. The number of carbonyl (C=O) groups is 1. The summed E-state index contributed by atoms with van der Waals surface area (Å²) in [5.41, 5.74) is 6.51. The van der Waals surface area contributed by atoms with Crippen molar-refractivity contribution in [1.82, 2.24) is 14.5 Å². The number of hydrogen-bond donors (Lipinski definition) is 1. The molecule has 2 N–H and O–H groups in total. The Balaban J connectivity index is 2.14. The predicted molar refractivity (Wildman–Crippen MR) is 94.3 cm³/mol. The Hall–Kier alpha value is -2.74. The topological polar surface area (TPSA) is 108 Å². The van der Waals surface area contributed by atoms with Gasteiger partial charge in [-0.1, -0.05) is 31.5 Å². The second-order valence-electron chi connectivity index (χ2n) is 5.66. The molecule has 2 heterocycles. The number of benzene rings is 1. The number of aromatic nitrogens is 3. The van der Waals surface area contributed by atoms with Crippen LogP contribution in [0.25, 0.3) is 16.7 Å². The van der Waals surface area contributed by atoms with Gasteiger partial charge >= 0.3 is 0 Å². The minimum absolute atomic E-state index is 0.00587. The molecule has 8 heteroatoms. The average Bonchev–Trinajstić information content (AvgIpc) is 3.00. The molecule has 0 aliphatic heterocycles. The lowest BCUT2D eigenvalue weighted by Gasteiger charge is -2.07. The Kier molecular flexibility index (Phi) is 4.54. The highest BCUT2D eigenvalue weighted by molar-refractivity contribution is 7.91. The Morgan fingerprint density at radius 1 is 1.24 bits per heavy atom. The maximum atomic E-state index is 12.3. The van der Waals surface area contributed by atoms with E-state index in [1.165, 1.54) is 6.20 Å². The zero-order valence-corrected chi connectivity index (χ0v) is 14.5. The van der Waals surface area contributed by atoms with E-state index in [0.29, 0.717) is 28.7 Å². The fourth-order valence-electron chi connectivity index (χ4n) is 2.61. The van der Waals surface area contributed by atoms with Crippen LogP contribution in [0.4, 0.5) is 0 Å². The number of unbranched alkanes of at least 4 members (excludes halogenated alkanes) is 1. The second kappa shape index (κ2) is 6.64. The maximum absolute atomic E-state index is 12.3. The Labute approximate surface area is 145 Å². The minimum atomic E-state index is -3.54. The summed E-state index contributed by atoms with van der Waals surface area (Å²) in [7, 11) is -3.54. The molecule has 0 fully saturated rings. The van der Waals surface area contributed by atoms with E-state index in [1.807, 2.05) is 19.1 Å². The number of nitrogens with zero attached hydrogens (tertiary/aromatic N) is 3. The third-order valence-corrected chi connectivity index (χ3v) is 5.47. The number of hydrogen-bond acceptors (Lipinski definition) is 5. The van der Waals surface area contributed by atoms with Crippen LogP contribution in [0, 0.1) is 0 Å². The van der Waals surface area contributed by atoms with Crippen molar-refractivity contribution in [2.24, 2.45) is 5.73 Å². The maximum Gasteiger partial charge on any atom is 0.250 e. The van der Waals surface area contributed by atoms with Crippen LogP contribution >= 0.6 is 0 Å². The number of rotatable bonds is 6. The van der Waals surface area contributed by atoms with Crippen LogP contribution in [-0.4, -0.2) is 34.6 Å². The van der Waals surface area contributed by atoms with Gasteiger partial charge in [0.25, 0.3) is 5.91 Å². The van der Waals surface area contributed by atoms with Crippen LogP contribution in [0.15, 0.2) is 47.9 Å². The van der Waals surface area contributed by atoms with Crippen molar-refractivity contribution in [2.75, 3.05) is 5.75 Å². The number of primary amides is 1. The number of sulfone groups is 1. The first kappa shape index (κ1) is 17.1. The molecule has 0 radical (unpaired) electrons. The van der Waals surface area contributed by atoms with E-state index in [-0.39, 0.29) is 10.9 Å². The van der Waals surface area contributed by atoms with Gasteiger partial charge in [0.15, 0.2) is 0 Å². The highest BCUT2D eigenvalue weighted by Crippen LogP contribution is 2.24. The van der Waals surface area contributed by atoms with E-state index >= 15 is 0 Å². The first-order valence-corrected chi connectivity index (χ1v) is 9.55. The highest BCUT2D eigenvalue weighted by Gasteiger charge is 2.19. The monoisotopic (exact) mass is 358 g/mol. The van der Waals surface area contributed by atoms with Crippen LogP contribution < -0.4 is 5.73 Å². The molecule has 0 saturated heterocycles. The number of para-hydroxylation sites is 1. The van der Waals surface area contributed by atoms with Crippen molar-refractivity contribution in [2.45, 2.75) is 24.9 Å². The van der Waals surface area contributed by atoms with E-state index in [9.17, 15) is 13.2 Å². The third kappa shape index (κ3) is 3.25. The molecule has 1 aromatic carbocycles. The van der Waals surface area contributed by atoms with Crippen LogP contribution in [0.1, 0.15) is 30.1 Å². The molecular weight excluding hydrogens is 340 g/mol. The lowest BCUT2D eigenvalue weighted by Crippen LogP contribution is -2.12. The van der Waals surface area contributed by atoms with Crippen molar-refractivity contribution in [1.29, 1.82) is 0 Å². The van der Waals surface area contributed by atoms with Crippen molar-refractivity contribution in [3.8, 4) is 5.82 Å². The number of amides is 1. The molecule has 2 aromatic heterocycles. The molecule has 0 aliphatic rings.